The number of hydrogen-bond donors (Lipinski definition) is 0. The highest BCUT2D eigenvalue weighted by atomic mass is 16.6. The van der Waals surface area contributed by atoms with Crippen LogP contribution in [-0.4, -0.2) is 33.7 Å². The summed E-state index contributed by atoms with van der Waals surface area (Å²) in [6.07, 6.45) is 4.99. The average Bonchev–Trinajstić information content (AvgIpc) is 2.54. The van der Waals surface area contributed by atoms with E-state index in [1.54, 1.807) is 11.9 Å². The Bertz CT molecular complexity index is 653. The summed E-state index contributed by atoms with van der Waals surface area (Å²) in [6.45, 7) is 1.45. The first-order valence-corrected chi connectivity index (χ1v) is 7.53. The van der Waals surface area contributed by atoms with Gasteiger partial charge in [-0.3, -0.25) is 25.0 Å². The summed E-state index contributed by atoms with van der Waals surface area (Å²) in [6, 6.07) is 2.10. The monoisotopic (exact) mass is 321 g/mol. The van der Waals surface area contributed by atoms with Crippen LogP contribution in [-0.2, 0) is 0 Å². The van der Waals surface area contributed by atoms with Crippen LogP contribution in [0.1, 0.15) is 48.0 Å². The maximum absolute atomic E-state index is 12.7. The lowest BCUT2D eigenvalue weighted by molar-refractivity contribution is -0.394. The van der Waals surface area contributed by atoms with Crippen molar-refractivity contribution in [3.05, 3.63) is 43.5 Å². The zero-order chi connectivity index (χ0) is 17.1. The molecule has 0 radical (unpaired) electrons. The van der Waals surface area contributed by atoms with E-state index in [2.05, 4.69) is 0 Å². The van der Waals surface area contributed by atoms with Gasteiger partial charge in [0.05, 0.1) is 21.5 Å². The second-order valence-corrected chi connectivity index (χ2v) is 5.86. The Morgan fingerprint density at radius 3 is 2.26 bits per heavy atom. The first-order chi connectivity index (χ1) is 10.8. The van der Waals surface area contributed by atoms with Crippen LogP contribution in [0.3, 0.4) is 0 Å². The number of benzene rings is 1. The molecule has 1 saturated carbocycles. The molecule has 8 nitrogen and oxygen atoms in total. The lowest BCUT2D eigenvalue weighted by Gasteiger charge is -2.31. The van der Waals surface area contributed by atoms with Gasteiger partial charge in [-0.1, -0.05) is 19.3 Å². The van der Waals surface area contributed by atoms with Gasteiger partial charge in [-0.25, -0.2) is 0 Å². The molecule has 1 aromatic carbocycles. The van der Waals surface area contributed by atoms with Gasteiger partial charge in [0.15, 0.2) is 0 Å². The van der Waals surface area contributed by atoms with Gasteiger partial charge in [-0.15, -0.1) is 0 Å². The maximum atomic E-state index is 12.7. The fourth-order valence-corrected chi connectivity index (χ4v) is 3.03. The van der Waals surface area contributed by atoms with Gasteiger partial charge in [0.1, 0.15) is 0 Å². The molecule has 8 heteroatoms. The fourth-order valence-electron chi connectivity index (χ4n) is 3.03. The normalized spacial score (nSPS) is 15.2. The van der Waals surface area contributed by atoms with Crippen LogP contribution in [0.4, 0.5) is 11.4 Å². The lowest BCUT2D eigenvalue weighted by atomic mass is 9.93. The number of hydrogen-bond acceptors (Lipinski definition) is 5. The summed E-state index contributed by atoms with van der Waals surface area (Å²) in [5, 5.41) is 22.1. The molecule has 0 atom stereocenters. The molecule has 2 rings (SSSR count). The van der Waals surface area contributed by atoms with Crippen molar-refractivity contribution in [3.63, 3.8) is 0 Å². The summed E-state index contributed by atoms with van der Waals surface area (Å²) in [5.41, 5.74) is -0.658. The molecular formula is C15H19N3O5. The minimum atomic E-state index is -0.718. The predicted molar refractivity (Wildman–Crippen MR) is 83.5 cm³/mol. The number of amides is 1. The van der Waals surface area contributed by atoms with Crippen LogP contribution >= 0.6 is 0 Å². The van der Waals surface area contributed by atoms with Crippen LogP contribution in [0.15, 0.2) is 12.1 Å². The number of carbonyl (C=O) groups excluding carboxylic acids is 1. The molecule has 1 aliphatic carbocycles. The van der Waals surface area contributed by atoms with Gasteiger partial charge in [0, 0.05) is 24.7 Å². The van der Waals surface area contributed by atoms with E-state index in [0.717, 1.165) is 44.2 Å². The van der Waals surface area contributed by atoms with Crippen molar-refractivity contribution in [1.29, 1.82) is 0 Å². The molecule has 0 aliphatic heterocycles. The predicted octanol–water partition coefficient (Wildman–Crippen LogP) is 3.22. The molecule has 124 valence electrons. The molecule has 23 heavy (non-hydrogen) atoms. The summed E-state index contributed by atoms with van der Waals surface area (Å²) in [5.74, 6) is -0.402. The van der Waals surface area contributed by atoms with Crippen LogP contribution in [0.2, 0.25) is 0 Å². The number of nitrogens with zero attached hydrogens (tertiary/aromatic N) is 3. The minimum Gasteiger partial charge on any atom is -0.339 e. The molecule has 1 fully saturated rings. The van der Waals surface area contributed by atoms with E-state index in [-0.39, 0.29) is 17.2 Å². The molecule has 0 spiro atoms. The molecular weight excluding hydrogens is 302 g/mol. The van der Waals surface area contributed by atoms with Crippen molar-refractivity contribution < 1.29 is 14.6 Å². The Kier molecular flexibility index (Phi) is 4.92. The molecule has 0 saturated heterocycles. The van der Waals surface area contributed by atoms with Gasteiger partial charge in [0.25, 0.3) is 17.3 Å². The first-order valence-electron chi connectivity index (χ1n) is 7.53. The van der Waals surface area contributed by atoms with Crippen molar-refractivity contribution in [2.75, 3.05) is 7.05 Å². The average molecular weight is 321 g/mol. The van der Waals surface area contributed by atoms with Crippen molar-refractivity contribution in [2.45, 2.75) is 45.1 Å². The summed E-state index contributed by atoms with van der Waals surface area (Å²) in [7, 11) is 1.66. The highest BCUT2D eigenvalue weighted by Gasteiger charge is 2.29. The molecule has 0 N–H and O–H groups in total. The van der Waals surface area contributed by atoms with Gasteiger partial charge in [-0.2, -0.15) is 0 Å². The third kappa shape index (κ3) is 3.46. The van der Waals surface area contributed by atoms with E-state index in [4.69, 9.17) is 0 Å². The Morgan fingerprint density at radius 1 is 1.13 bits per heavy atom. The van der Waals surface area contributed by atoms with Gasteiger partial charge in [0.2, 0.25) is 0 Å². The van der Waals surface area contributed by atoms with E-state index in [1.807, 2.05) is 0 Å². The topological polar surface area (TPSA) is 107 Å². The second kappa shape index (κ2) is 6.72. The Labute approximate surface area is 133 Å². The van der Waals surface area contributed by atoms with E-state index in [1.165, 1.54) is 6.92 Å². The number of carbonyl (C=O) groups is 1. The van der Waals surface area contributed by atoms with Gasteiger partial charge in [-0.05, 0) is 19.8 Å². The quantitative estimate of drug-likeness (QED) is 0.625. The Hall–Kier alpha value is -2.51. The van der Waals surface area contributed by atoms with E-state index >= 15 is 0 Å². The van der Waals surface area contributed by atoms with E-state index in [0.29, 0.717) is 0 Å². The largest absolute Gasteiger partial charge is 0.339 e. The molecule has 0 heterocycles. The SMILES string of the molecule is Cc1c(C(=O)N(C)C2CCCCC2)cc([N+](=O)[O-])cc1[N+](=O)[O-]. The Morgan fingerprint density at radius 2 is 1.74 bits per heavy atom. The molecule has 0 bridgehead atoms. The maximum Gasteiger partial charge on any atom is 0.279 e. The molecule has 0 unspecified atom stereocenters. The van der Waals surface area contributed by atoms with Crippen molar-refractivity contribution in [2.24, 2.45) is 0 Å². The molecule has 0 aromatic heterocycles. The first kappa shape index (κ1) is 16.9. The summed E-state index contributed by atoms with van der Waals surface area (Å²) >= 11 is 0. The zero-order valence-corrected chi connectivity index (χ0v) is 13.2. The van der Waals surface area contributed by atoms with Crippen LogP contribution in [0.5, 0.6) is 0 Å². The number of nitro benzene ring substituents is 2. The third-order valence-electron chi connectivity index (χ3n) is 4.45. The molecule has 1 aromatic rings. The molecule has 1 aliphatic rings. The van der Waals surface area contributed by atoms with Crippen molar-refractivity contribution in [3.8, 4) is 0 Å². The third-order valence-corrected chi connectivity index (χ3v) is 4.45. The standard InChI is InChI=1S/C15H19N3O5/c1-10-13(8-12(17(20)21)9-14(10)18(22)23)15(19)16(2)11-6-4-3-5-7-11/h8-9,11H,3-7H2,1-2H3. The highest BCUT2D eigenvalue weighted by molar-refractivity contribution is 5.97. The number of rotatable bonds is 4. The number of non-ortho nitro benzene ring substituents is 1. The van der Waals surface area contributed by atoms with E-state index in [9.17, 15) is 25.0 Å². The minimum absolute atomic E-state index is 0.0268. The summed E-state index contributed by atoms with van der Waals surface area (Å²) < 4.78 is 0. The summed E-state index contributed by atoms with van der Waals surface area (Å²) in [4.78, 5) is 34.9. The van der Waals surface area contributed by atoms with Gasteiger partial charge >= 0.3 is 0 Å². The fraction of sp³-hybridized carbons (Fsp3) is 0.533. The zero-order valence-electron chi connectivity index (χ0n) is 13.2. The van der Waals surface area contributed by atoms with Crippen LogP contribution in [0, 0.1) is 27.2 Å². The lowest BCUT2D eigenvalue weighted by Crippen LogP contribution is -2.38. The smallest absolute Gasteiger partial charge is 0.279 e. The number of nitro groups is 2. The Balaban J connectivity index is 2.42. The van der Waals surface area contributed by atoms with E-state index < -0.39 is 27.1 Å². The highest BCUT2D eigenvalue weighted by Crippen LogP contribution is 2.30. The molecule has 1 amide bonds. The van der Waals surface area contributed by atoms with Gasteiger partial charge < -0.3 is 4.90 Å². The van der Waals surface area contributed by atoms with Crippen LogP contribution < -0.4 is 0 Å². The second-order valence-electron chi connectivity index (χ2n) is 5.86. The van der Waals surface area contributed by atoms with Crippen LogP contribution in [0.25, 0.3) is 0 Å². The van der Waals surface area contributed by atoms with Crippen molar-refractivity contribution in [1.82, 2.24) is 4.90 Å². The van der Waals surface area contributed by atoms with Crippen molar-refractivity contribution >= 4 is 17.3 Å².